The summed E-state index contributed by atoms with van der Waals surface area (Å²) < 4.78 is 29.4. The van der Waals surface area contributed by atoms with Crippen molar-refractivity contribution in [3.63, 3.8) is 0 Å². The molecule has 2 aromatic heterocycles. The molecular weight excluding hydrogens is 358 g/mol. The lowest BCUT2D eigenvalue weighted by Gasteiger charge is -2.33. The Morgan fingerprint density at radius 2 is 1.61 bits per heavy atom. The van der Waals surface area contributed by atoms with Crippen LogP contribution in [-0.4, -0.2) is 14.5 Å². The van der Waals surface area contributed by atoms with Gasteiger partial charge in [0.1, 0.15) is 11.6 Å². The summed E-state index contributed by atoms with van der Waals surface area (Å²) in [5.74, 6) is -0.211. The molecule has 1 aromatic carbocycles. The first-order chi connectivity index (χ1) is 13.6. The number of halogens is 2. The molecule has 2 fully saturated rings. The van der Waals surface area contributed by atoms with Gasteiger partial charge in [-0.3, -0.25) is 0 Å². The number of hydrogen-bond acceptors (Lipinski definition) is 2. The molecule has 0 aliphatic heterocycles. The predicted molar refractivity (Wildman–Crippen MR) is 103 cm³/mol. The Kier molecular flexibility index (Phi) is 4.43. The van der Waals surface area contributed by atoms with E-state index in [9.17, 15) is 13.9 Å². The molecule has 2 saturated carbocycles. The molecule has 0 radical (unpaired) electrons. The number of nitrogens with zero attached hydrogens (tertiary/aromatic N) is 2. The molecule has 0 saturated heterocycles. The third kappa shape index (κ3) is 3.12. The van der Waals surface area contributed by atoms with Gasteiger partial charge in [-0.05, 0) is 79.5 Å². The summed E-state index contributed by atoms with van der Waals surface area (Å²) in [6.07, 6.45) is 8.70. The molecule has 2 aliphatic rings. The number of rotatable bonds is 4. The van der Waals surface area contributed by atoms with Gasteiger partial charge < -0.3 is 9.51 Å². The fourth-order valence-electron chi connectivity index (χ4n) is 4.88. The van der Waals surface area contributed by atoms with E-state index < -0.39 is 17.7 Å². The number of hydrogen-bond donors (Lipinski definition) is 1. The van der Waals surface area contributed by atoms with Gasteiger partial charge in [0.15, 0.2) is 0 Å². The van der Waals surface area contributed by atoms with Crippen molar-refractivity contribution in [1.29, 1.82) is 0 Å². The first-order valence-corrected chi connectivity index (χ1v) is 10.2. The number of aliphatic hydroxyl groups is 1. The monoisotopic (exact) mass is 382 g/mol. The molecule has 0 spiro atoms. The molecule has 1 atom stereocenters. The highest BCUT2D eigenvalue weighted by molar-refractivity contribution is 5.50. The van der Waals surface area contributed by atoms with Crippen molar-refractivity contribution in [3.05, 3.63) is 71.3 Å². The predicted octanol–water partition coefficient (Wildman–Crippen LogP) is 5.50. The van der Waals surface area contributed by atoms with Gasteiger partial charge in [0.25, 0.3) is 0 Å². The van der Waals surface area contributed by atoms with Gasteiger partial charge >= 0.3 is 0 Å². The molecule has 28 heavy (non-hydrogen) atoms. The SMILES string of the molecule is OC(c1c(C2CC2)ccc2cncn12)C1CCC(c2ccc(F)cc2F)CC1. The van der Waals surface area contributed by atoms with Crippen LogP contribution in [0.4, 0.5) is 8.78 Å². The van der Waals surface area contributed by atoms with E-state index in [2.05, 4.69) is 17.1 Å². The van der Waals surface area contributed by atoms with Crippen molar-refractivity contribution in [3.8, 4) is 0 Å². The third-order valence-corrected chi connectivity index (χ3v) is 6.57. The quantitative estimate of drug-likeness (QED) is 0.647. The summed E-state index contributed by atoms with van der Waals surface area (Å²) in [6.45, 7) is 0. The van der Waals surface area contributed by atoms with Crippen LogP contribution >= 0.6 is 0 Å². The van der Waals surface area contributed by atoms with Crippen LogP contribution in [-0.2, 0) is 0 Å². The van der Waals surface area contributed by atoms with Gasteiger partial charge in [0.2, 0.25) is 0 Å². The lowest BCUT2D eigenvalue weighted by atomic mass is 9.75. The first kappa shape index (κ1) is 17.8. The molecule has 1 N–H and O–H groups in total. The minimum Gasteiger partial charge on any atom is -0.387 e. The van der Waals surface area contributed by atoms with E-state index >= 15 is 0 Å². The molecule has 3 nitrogen and oxygen atoms in total. The van der Waals surface area contributed by atoms with Gasteiger partial charge in [-0.15, -0.1) is 0 Å². The maximum absolute atomic E-state index is 14.1. The van der Waals surface area contributed by atoms with Gasteiger partial charge in [0, 0.05) is 6.07 Å². The van der Waals surface area contributed by atoms with E-state index in [0.29, 0.717) is 11.5 Å². The van der Waals surface area contributed by atoms with Crippen LogP contribution in [0.1, 0.15) is 73.3 Å². The van der Waals surface area contributed by atoms with Crippen molar-refractivity contribution in [2.24, 2.45) is 5.92 Å². The Bertz CT molecular complexity index is 1000. The van der Waals surface area contributed by atoms with Crippen LogP contribution in [0, 0.1) is 17.6 Å². The van der Waals surface area contributed by atoms with Crippen LogP contribution in [0.3, 0.4) is 0 Å². The number of fused-ring (bicyclic) bond motifs is 1. The second-order valence-corrected chi connectivity index (χ2v) is 8.36. The maximum atomic E-state index is 14.1. The first-order valence-electron chi connectivity index (χ1n) is 10.2. The Morgan fingerprint density at radius 1 is 0.929 bits per heavy atom. The molecule has 0 bridgehead atoms. The summed E-state index contributed by atoms with van der Waals surface area (Å²) in [6, 6.07) is 8.10. The molecule has 146 valence electrons. The average Bonchev–Trinajstić information content (AvgIpc) is 3.43. The van der Waals surface area contributed by atoms with E-state index in [1.54, 1.807) is 12.4 Å². The van der Waals surface area contributed by atoms with Crippen LogP contribution in [0.15, 0.2) is 42.9 Å². The zero-order valence-electron chi connectivity index (χ0n) is 15.7. The van der Waals surface area contributed by atoms with Gasteiger partial charge in [-0.1, -0.05) is 12.1 Å². The minimum atomic E-state index is -0.549. The summed E-state index contributed by atoms with van der Waals surface area (Å²) in [7, 11) is 0. The number of aromatic nitrogens is 2. The van der Waals surface area contributed by atoms with Crippen molar-refractivity contribution in [2.45, 2.75) is 56.5 Å². The molecule has 0 amide bonds. The zero-order valence-corrected chi connectivity index (χ0v) is 15.7. The molecular formula is C23H24F2N2O. The zero-order chi connectivity index (χ0) is 19.3. The van der Waals surface area contributed by atoms with Crippen molar-refractivity contribution < 1.29 is 13.9 Å². The summed E-state index contributed by atoms with van der Waals surface area (Å²) in [5.41, 5.74) is 3.82. The van der Waals surface area contributed by atoms with E-state index in [0.717, 1.165) is 43.0 Å². The Morgan fingerprint density at radius 3 is 2.32 bits per heavy atom. The molecule has 5 heteroatoms. The lowest BCUT2D eigenvalue weighted by Crippen LogP contribution is -2.22. The van der Waals surface area contributed by atoms with Gasteiger partial charge in [0.05, 0.1) is 29.8 Å². The van der Waals surface area contributed by atoms with Crippen LogP contribution < -0.4 is 0 Å². The second kappa shape index (κ2) is 6.96. The largest absolute Gasteiger partial charge is 0.387 e. The smallest absolute Gasteiger partial charge is 0.129 e. The summed E-state index contributed by atoms with van der Waals surface area (Å²) in [5, 5.41) is 11.3. The lowest BCUT2D eigenvalue weighted by molar-refractivity contribution is 0.0752. The molecule has 5 rings (SSSR count). The van der Waals surface area contributed by atoms with E-state index in [4.69, 9.17) is 0 Å². The van der Waals surface area contributed by atoms with E-state index in [1.165, 1.54) is 24.5 Å². The number of pyridine rings is 1. The highest BCUT2D eigenvalue weighted by Gasteiger charge is 2.34. The van der Waals surface area contributed by atoms with E-state index in [-0.39, 0.29) is 11.8 Å². The van der Waals surface area contributed by atoms with Crippen LogP contribution in [0.5, 0.6) is 0 Å². The third-order valence-electron chi connectivity index (χ3n) is 6.57. The Labute approximate surface area is 163 Å². The van der Waals surface area contributed by atoms with Crippen molar-refractivity contribution in [1.82, 2.24) is 9.38 Å². The standard InChI is InChI=1S/C23H24F2N2O/c24-17-7-9-19(21(25)11-17)14-3-5-16(6-4-14)23(28)22-20(15-1-2-15)10-8-18-12-26-13-27(18)22/h7-16,23,28H,1-6H2. The highest BCUT2D eigenvalue weighted by Crippen LogP contribution is 2.47. The normalized spacial score (nSPS) is 23.8. The van der Waals surface area contributed by atoms with Crippen LogP contribution in [0.25, 0.3) is 5.52 Å². The number of aliphatic hydroxyl groups excluding tert-OH is 1. The summed E-state index contributed by atoms with van der Waals surface area (Å²) in [4.78, 5) is 4.26. The summed E-state index contributed by atoms with van der Waals surface area (Å²) >= 11 is 0. The molecule has 3 aromatic rings. The second-order valence-electron chi connectivity index (χ2n) is 8.36. The van der Waals surface area contributed by atoms with Crippen molar-refractivity contribution in [2.75, 3.05) is 0 Å². The maximum Gasteiger partial charge on any atom is 0.129 e. The molecule has 1 unspecified atom stereocenters. The number of imidazole rings is 1. The fraction of sp³-hybridized carbons (Fsp3) is 0.435. The van der Waals surface area contributed by atoms with E-state index in [1.807, 2.05) is 10.6 Å². The Hall–Kier alpha value is -2.27. The van der Waals surface area contributed by atoms with Gasteiger partial charge in [-0.2, -0.15) is 0 Å². The molecule has 2 heterocycles. The van der Waals surface area contributed by atoms with Gasteiger partial charge in [-0.25, -0.2) is 13.8 Å². The topological polar surface area (TPSA) is 37.5 Å². The molecule has 2 aliphatic carbocycles. The average molecular weight is 382 g/mol. The Balaban J connectivity index is 1.38. The number of benzene rings is 1. The minimum absolute atomic E-state index is 0.0935. The highest BCUT2D eigenvalue weighted by atomic mass is 19.1. The van der Waals surface area contributed by atoms with Crippen LogP contribution in [0.2, 0.25) is 0 Å². The fourth-order valence-corrected chi connectivity index (χ4v) is 4.88. The van der Waals surface area contributed by atoms with Crippen molar-refractivity contribution >= 4 is 5.52 Å².